The summed E-state index contributed by atoms with van der Waals surface area (Å²) >= 11 is 0. The number of hydrogen-bond acceptors (Lipinski definition) is 0. The molecule has 0 heteroatoms. The number of hydrogen-bond donors (Lipinski definition) is 0. The van der Waals surface area contributed by atoms with E-state index in [4.69, 9.17) is 0 Å². The second-order valence-corrected chi connectivity index (χ2v) is 39.4. The lowest BCUT2D eigenvalue weighted by Gasteiger charge is -2.36. The number of fused-ring (bicyclic) bond motifs is 15. The second kappa shape index (κ2) is 33.9. The van der Waals surface area contributed by atoms with Crippen molar-refractivity contribution in [1.82, 2.24) is 0 Å². The standard InChI is InChI=1S/C145H92/c1-5-41-91(42-6-1)101-77-81-131(109-53-17-13-49-105(101)109)141-123-67-29-21-59-115(123)137(116-60-22-30-68-124(116)141)95-85-96(138-117-61-23-31-69-125(117)142(126-70-32-24-62-118(126)138)132-82-78-102(92-43-7-2-8-44-92)106-50-14-18-54-110(106)132)88-99(87-95)145(135-75-39-37-57-113(135)114-58-38-40-76-136(114)145)100-89-97(139-119-63-25-33-71-127(119)143(128-72-34-26-64-120(128)139)133-83-79-103(93-45-9-3-10-46-93)107-51-15-19-55-111(107)133)86-98(90-100)140-121-65-27-35-73-129(121)144(130-74-36-28-66-122(130)140)134-84-80-104(94-47-11-4-12-48-94)108-52-16-20-56-112(108)134/h1-79,81-83,85-90H,80,84H2. The van der Waals surface area contributed by atoms with Gasteiger partial charge in [0.1, 0.15) is 0 Å². The van der Waals surface area contributed by atoms with Crippen LogP contribution in [0.5, 0.6) is 0 Å². The average molecular weight is 1830 g/mol. The Morgan fingerprint density at radius 2 is 0.310 bits per heavy atom. The van der Waals surface area contributed by atoms with Gasteiger partial charge in [-0.15, -0.1) is 0 Å². The molecule has 0 fully saturated rings. The average Bonchev–Trinajstić information content (AvgIpc) is 1.57. The van der Waals surface area contributed by atoms with E-state index in [0.29, 0.717) is 0 Å². The molecule has 27 aromatic rings. The van der Waals surface area contributed by atoms with E-state index in [1.165, 1.54) is 262 Å². The molecule has 672 valence electrons. The summed E-state index contributed by atoms with van der Waals surface area (Å²) in [5.41, 5.74) is 35.1. The maximum Gasteiger partial charge on any atom is 0.0714 e. The highest BCUT2D eigenvalue weighted by Gasteiger charge is 2.48. The predicted octanol–water partition coefficient (Wildman–Crippen LogP) is 37.6. The fourth-order valence-corrected chi connectivity index (χ4v) is 26.1. The van der Waals surface area contributed by atoms with Crippen LogP contribution in [0, 0.1) is 0 Å². The summed E-state index contributed by atoms with van der Waals surface area (Å²) in [7, 11) is 0. The fourth-order valence-electron chi connectivity index (χ4n) is 26.1. The van der Waals surface area contributed by atoms with Gasteiger partial charge in [0.25, 0.3) is 0 Å². The van der Waals surface area contributed by atoms with Gasteiger partial charge in [-0.2, -0.15) is 0 Å². The van der Waals surface area contributed by atoms with Crippen LogP contribution in [0.1, 0.15) is 46.2 Å². The molecule has 0 aliphatic heterocycles. The Kier molecular flexibility index (Phi) is 19.5. The van der Waals surface area contributed by atoms with Crippen LogP contribution in [0.15, 0.2) is 534 Å². The van der Waals surface area contributed by atoms with E-state index in [0.717, 1.165) is 46.2 Å². The fraction of sp³-hybridized carbons (Fsp3) is 0.0207. The van der Waals surface area contributed by atoms with Gasteiger partial charge in [-0.05, 0) is 345 Å². The van der Waals surface area contributed by atoms with Crippen LogP contribution in [0.25, 0.3) is 252 Å². The maximum atomic E-state index is 2.67. The van der Waals surface area contributed by atoms with Crippen molar-refractivity contribution in [3.05, 3.63) is 578 Å². The number of benzene rings is 27. The molecule has 29 rings (SSSR count). The van der Waals surface area contributed by atoms with Crippen molar-refractivity contribution >= 4 is 130 Å². The monoisotopic (exact) mass is 1830 g/mol. The van der Waals surface area contributed by atoms with E-state index in [2.05, 4.69) is 534 Å². The van der Waals surface area contributed by atoms with E-state index in [1.54, 1.807) is 0 Å². The van der Waals surface area contributed by atoms with Crippen LogP contribution in [0.3, 0.4) is 0 Å². The van der Waals surface area contributed by atoms with Gasteiger partial charge in [0.15, 0.2) is 0 Å². The molecular formula is C145H92. The number of rotatable bonds is 14. The van der Waals surface area contributed by atoms with Gasteiger partial charge < -0.3 is 0 Å². The highest BCUT2D eigenvalue weighted by molar-refractivity contribution is 6.30. The molecule has 145 heavy (non-hydrogen) atoms. The summed E-state index contributed by atoms with van der Waals surface area (Å²) in [6.07, 6.45) is 1.79. The van der Waals surface area contributed by atoms with Crippen molar-refractivity contribution < 1.29 is 0 Å². The van der Waals surface area contributed by atoms with Crippen molar-refractivity contribution in [2.75, 3.05) is 0 Å². The third kappa shape index (κ3) is 13.0. The predicted molar refractivity (Wildman–Crippen MR) is 617 cm³/mol. The van der Waals surface area contributed by atoms with E-state index in [-0.39, 0.29) is 0 Å². The Morgan fingerprint density at radius 3 is 0.586 bits per heavy atom. The van der Waals surface area contributed by atoms with E-state index >= 15 is 0 Å². The molecule has 0 saturated carbocycles. The summed E-state index contributed by atoms with van der Waals surface area (Å²) in [6.45, 7) is 0. The Labute approximate surface area is 841 Å². The minimum Gasteiger partial charge on any atom is -0.0622 e. The first-order valence-electron chi connectivity index (χ1n) is 50.9. The molecule has 2 aliphatic carbocycles. The largest absolute Gasteiger partial charge is 0.0714 e. The molecule has 0 aromatic heterocycles. The zero-order valence-corrected chi connectivity index (χ0v) is 79.7. The zero-order chi connectivity index (χ0) is 95.3. The van der Waals surface area contributed by atoms with Crippen LogP contribution in [0.4, 0.5) is 0 Å². The summed E-state index contributed by atoms with van der Waals surface area (Å²) in [5, 5.41) is 28.9. The molecule has 2 aliphatic rings. The molecule has 0 N–H and O–H groups in total. The first-order chi connectivity index (χ1) is 72.0. The molecule has 0 saturated heterocycles. The molecular weight excluding hydrogens is 1740 g/mol. The van der Waals surface area contributed by atoms with Crippen molar-refractivity contribution in [3.63, 3.8) is 0 Å². The highest BCUT2D eigenvalue weighted by atomic mass is 14.5. The molecule has 0 amide bonds. The molecule has 0 unspecified atom stereocenters. The van der Waals surface area contributed by atoms with Crippen molar-refractivity contribution in [1.29, 1.82) is 0 Å². The van der Waals surface area contributed by atoms with Gasteiger partial charge in [0, 0.05) is 0 Å². The Hall–Kier alpha value is -18.5. The molecule has 0 heterocycles. The lowest BCUT2D eigenvalue weighted by Crippen LogP contribution is -2.32. The first kappa shape index (κ1) is 83.5. The summed E-state index contributed by atoms with van der Waals surface area (Å²) in [4.78, 5) is 0. The SMILES string of the molecule is c1ccc(C2=c3ccccc3=C(c3c4ccccc4c(-c4cc(-c5c6ccccc6c(-c6ccc(-c7ccccc7)c7ccccc67)c6ccccc56)cc(C5(c6cc(-c7c8ccccc8c(-c8ccc(-c9ccccc9)c9ccccc89)c8ccccc78)cc(-c7c8ccccc8c(-c8ccc(-c9ccccc9)c9ccccc89)c8ccccc78)c6)c6ccccc6-c6ccccc65)c4)c4ccccc34)CC2)cc1. The Bertz CT molecular complexity index is 9710. The summed E-state index contributed by atoms with van der Waals surface area (Å²) in [5.74, 6) is 0. The molecule has 0 bridgehead atoms. The van der Waals surface area contributed by atoms with Crippen LogP contribution < -0.4 is 10.4 Å². The van der Waals surface area contributed by atoms with Crippen molar-refractivity contribution in [2.45, 2.75) is 18.3 Å². The Morgan fingerprint density at radius 1 is 0.117 bits per heavy atom. The van der Waals surface area contributed by atoms with Gasteiger partial charge in [-0.3, -0.25) is 0 Å². The third-order valence-electron chi connectivity index (χ3n) is 32.0. The smallest absolute Gasteiger partial charge is 0.0622 e. The first-order valence-corrected chi connectivity index (χ1v) is 50.9. The topological polar surface area (TPSA) is 0 Å². The quantitative estimate of drug-likeness (QED) is 0.0952. The van der Waals surface area contributed by atoms with Crippen molar-refractivity contribution in [2.24, 2.45) is 0 Å². The van der Waals surface area contributed by atoms with Crippen LogP contribution >= 0.6 is 0 Å². The highest BCUT2D eigenvalue weighted by Crippen LogP contribution is 2.62. The van der Waals surface area contributed by atoms with Crippen LogP contribution in [-0.2, 0) is 5.41 Å². The van der Waals surface area contributed by atoms with Gasteiger partial charge in [0.2, 0.25) is 0 Å². The zero-order valence-electron chi connectivity index (χ0n) is 79.7. The van der Waals surface area contributed by atoms with Gasteiger partial charge in [-0.25, -0.2) is 0 Å². The van der Waals surface area contributed by atoms with Crippen LogP contribution in [-0.4, -0.2) is 0 Å². The van der Waals surface area contributed by atoms with Gasteiger partial charge in [0.05, 0.1) is 5.41 Å². The summed E-state index contributed by atoms with van der Waals surface area (Å²) < 4.78 is 0. The molecule has 0 spiro atoms. The Balaban J connectivity index is 0.768. The molecule has 0 nitrogen and oxygen atoms in total. The van der Waals surface area contributed by atoms with E-state index in [9.17, 15) is 0 Å². The summed E-state index contributed by atoms with van der Waals surface area (Å²) in [6, 6.07) is 204. The van der Waals surface area contributed by atoms with E-state index < -0.39 is 5.41 Å². The van der Waals surface area contributed by atoms with Gasteiger partial charge >= 0.3 is 0 Å². The molecule has 0 atom stereocenters. The third-order valence-corrected chi connectivity index (χ3v) is 32.0. The lowest BCUT2D eigenvalue weighted by molar-refractivity contribution is 0.770. The molecule has 27 aromatic carbocycles. The van der Waals surface area contributed by atoms with E-state index in [1.807, 2.05) is 0 Å². The minimum atomic E-state index is -1.08. The van der Waals surface area contributed by atoms with Gasteiger partial charge in [-0.1, -0.05) is 497 Å². The maximum absolute atomic E-state index is 2.67. The lowest BCUT2D eigenvalue weighted by atomic mass is 9.65. The second-order valence-electron chi connectivity index (χ2n) is 39.4. The minimum absolute atomic E-state index is 0.880. The molecule has 0 radical (unpaired) electrons. The van der Waals surface area contributed by atoms with Crippen LogP contribution in [0.2, 0.25) is 0 Å². The normalized spacial score (nSPS) is 12.8. The van der Waals surface area contributed by atoms with Crippen molar-refractivity contribution in [3.8, 4) is 122 Å².